The van der Waals surface area contributed by atoms with Gasteiger partial charge in [-0.25, -0.2) is 0 Å². The average molecular weight is 466 g/mol. The first-order valence-electron chi connectivity index (χ1n) is 12.6. The highest BCUT2D eigenvalue weighted by atomic mass is 19.4. The largest absolute Gasteiger partial charge is 0.416 e. The van der Waals surface area contributed by atoms with Crippen LogP contribution >= 0.6 is 0 Å². The smallest absolute Gasteiger partial charge is 0.381 e. The van der Waals surface area contributed by atoms with E-state index in [1.54, 1.807) is 6.07 Å². The summed E-state index contributed by atoms with van der Waals surface area (Å²) in [4.78, 5) is 4.58. The molecule has 0 atom stereocenters. The van der Waals surface area contributed by atoms with E-state index >= 15 is 0 Å². The van der Waals surface area contributed by atoms with Gasteiger partial charge in [0.15, 0.2) is 0 Å². The average Bonchev–Trinajstić information content (AvgIpc) is 3.26. The number of ether oxygens (including phenoxy) is 1. The molecule has 4 fully saturated rings. The van der Waals surface area contributed by atoms with Crippen LogP contribution < -0.4 is 10.2 Å². The predicted octanol–water partition coefficient (Wildman–Crippen LogP) is 5.07. The van der Waals surface area contributed by atoms with E-state index in [1.807, 2.05) is 6.07 Å². The molecule has 0 aromatic heterocycles. The summed E-state index contributed by atoms with van der Waals surface area (Å²) < 4.78 is 48.2. The summed E-state index contributed by atoms with van der Waals surface area (Å²) in [6, 6.07) is 4.80. The molecule has 1 N–H and O–H groups in total. The van der Waals surface area contributed by atoms with Crippen molar-refractivity contribution in [2.24, 2.45) is 10.8 Å². The molecule has 184 valence electrons. The highest BCUT2D eigenvalue weighted by Gasteiger charge is 2.49. The van der Waals surface area contributed by atoms with Gasteiger partial charge in [0, 0.05) is 56.2 Å². The van der Waals surface area contributed by atoms with E-state index in [0.717, 1.165) is 90.1 Å². The van der Waals surface area contributed by atoms with Crippen molar-refractivity contribution >= 4 is 5.69 Å². The van der Waals surface area contributed by atoms with E-state index in [0.29, 0.717) is 12.1 Å². The number of halogens is 3. The fourth-order valence-electron chi connectivity index (χ4n) is 7.11. The molecule has 4 heterocycles. The van der Waals surface area contributed by atoms with Gasteiger partial charge in [-0.1, -0.05) is 6.07 Å². The van der Waals surface area contributed by atoms with E-state index < -0.39 is 11.7 Å². The minimum absolute atomic E-state index is 0.111. The lowest BCUT2D eigenvalue weighted by atomic mass is 9.75. The number of hydrogen-bond donors (Lipinski definition) is 1. The van der Waals surface area contributed by atoms with Crippen LogP contribution in [0.3, 0.4) is 0 Å². The standard InChI is InChI=1S/C26H38F3N3O/c1-23(2)17-25(6-11-30-12-7-25)19-32(23)16-20-21(26(27,28)29)4-3-5-22(20)31-13-8-24(18-31)9-14-33-15-10-24/h3-5,30H,6-19H2,1-2H3. The second kappa shape index (κ2) is 8.42. The summed E-state index contributed by atoms with van der Waals surface area (Å²) in [6.45, 7) is 10.9. The van der Waals surface area contributed by atoms with E-state index in [4.69, 9.17) is 4.74 Å². The topological polar surface area (TPSA) is 27.7 Å². The number of hydrogen-bond acceptors (Lipinski definition) is 4. The fourth-order valence-corrected chi connectivity index (χ4v) is 7.11. The molecular formula is C26H38F3N3O. The second-order valence-electron chi connectivity index (χ2n) is 11.7. The first kappa shape index (κ1) is 23.4. The summed E-state index contributed by atoms with van der Waals surface area (Å²) in [7, 11) is 0. The Hall–Kier alpha value is -1.31. The first-order chi connectivity index (χ1) is 15.6. The van der Waals surface area contributed by atoms with E-state index in [-0.39, 0.29) is 16.4 Å². The van der Waals surface area contributed by atoms with Crippen molar-refractivity contribution in [3.8, 4) is 0 Å². The van der Waals surface area contributed by atoms with Crippen LogP contribution in [0.25, 0.3) is 0 Å². The highest BCUT2D eigenvalue weighted by Crippen LogP contribution is 2.49. The Kier molecular flexibility index (Phi) is 5.98. The molecule has 4 aliphatic heterocycles. The number of nitrogens with one attached hydrogen (secondary N) is 1. The SMILES string of the molecule is CC1(C)CC2(CCNCC2)CN1Cc1c(N2CCC3(CCOCC3)C2)cccc1C(F)(F)F. The minimum atomic E-state index is -4.35. The summed E-state index contributed by atoms with van der Waals surface area (Å²) in [5.74, 6) is 0. The Morgan fingerprint density at radius 3 is 2.39 bits per heavy atom. The molecule has 1 aromatic rings. The van der Waals surface area contributed by atoms with Crippen LogP contribution in [0.1, 0.15) is 63.5 Å². The van der Waals surface area contributed by atoms with Gasteiger partial charge in [0.25, 0.3) is 0 Å². The van der Waals surface area contributed by atoms with E-state index in [2.05, 4.69) is 29.0 Å². The molecule has 0 amide bonds. The molecule has 2 spiro atoms. The van der Waals surface area contributed by atoms with Crippen molar-refractivity contribution in [2.75, 3.05) is 50.8 Å². The van der Waals surface area contributed by atoms with Crippen molar-refractivity contribution in [3.63, 3.8) is 0 Å². The molecule has 7 heteroatoms. The lowest BCUT2D eigenvalue weighted by Crippen LogP contribution is -2.40. The van der Waals surface area contributed by atoms with Crippen molar-refractivity contribution in [2.45, 2.75) is 70.6 Å². The first-order valence-corrected chi connectivity index (χ1v) is 12.6. The second-order valence-corrected chi connectivity index (χ2v) is 11.7. The lowest BCUT2D eigenvalue weighted by molar-refractivity contribution is -0.138. The van der Waals surface area contributed by atoms with E-state index in [1.165, 1.54) is 6.07 Å². The van der Waals surface area contributed by atoms with Gasteiger partial charge >= 0.3 is 6.18 Å². The van der Waals surface area contributed by atoms with Crippen molar-refractivity contribution < 1.29 is 17.9 Å². The summed E-state index contributed by atoms with van der Waals surface area (Å²) >= 11 is 0. The Morgan fingerprint density at radius 2 is 1.70 bits per heavy atom. The minimum Gasteiger partial charge on any atom is -0.381 e. The van der Waals surface area contributed by atoms with Crippen molar-refractivity contribution in [1.29, 1.82) is 0 Å². The molecule has 0 bridgehead atoms. The van der Waals surface area contributed by atoms with Crippen LogP contribution in [-0.2, 0) is 17.5 Å². The Labute approximate surface area is 195 Å². The van der Waals surface area contributed by atoms with Crippen LogP contribution in [0.4, 0.5) is 18.9 Å². The zero-order valence-electron chi connectivity index (χ0n) is 20.1. The van der Waals surface area contributed by atoms with Crippen LogP contribution in [0.15, 0.2) is 18.2 Å². The summed E-state index contributed by atoms with van der Waals surface area (Å²) in [5.41, 5.74) is 1.09. The van der Waals surface area contributed by atoms with Gasteiger partial charge in [-0.3, -0.25) is 4.90 Å². The third-order valence-corrected chi connectivity index (χ3v) is 8.99. The molecule has 4 aliphatic rings. The number of benzene rings is 1. The number of likely N-dealkylation sites (tertiary alicyclic amines) is 1. The van der Waals surface area contributed by atoms with Gasteiger partial charge in [0.2, 0.25) is 0 Å². The Bertz CT molecular complexity index is 857. The number of nitrogens with zero attached hydrogens (tertiary/aromatic N) is 2. The third kappa shape index (κ3) is 4.53. The molecule has 0 aliphatic carbocycles. The molecule has 33 heavy (non-hydrogen) atoms. The van der Waals surface area contributed by atoms with Gasteiger partial charge in [-0.05, 0) is 88.4 Å². The molecule has 1 aromatic carbocycles. The summed E-state index contributed by atoms with van der Waals surface area (Å²) in [5, 5.41) is 3.45. The van der Waals surface area contributed by atoms with Crippen LogP contribution in [-0.4, -0.2) is 56.4 Å². The molecule has 0 radical (unpaired) electrons. The molecule has 0 saturated carbocycles. The number of alkyl halides is 3. The maximum atomic E-state index is 14.2. The van der Waals surface area contributed by atoms with Gasteiger partial charge in [-0.2, -0.15) is 13.2 Å². The van der Waals surface area contributed by atoms with Crippen LogP contribution in [0.2, 0.25) is 0 Å². The molecule has 0 unspecified atom stereocenters. The number of piperidine rings is 1. The molecular weight excluding hydrogens is 427 g/mol. The van der Waals surface area contributed by atoms with E-state index in [9.17, 15) is 13.2 Å². The quantitative estimate of drug-likeness (QED) is 0.675. The Morgan fingerprint density at radius 1 is 0.970 bits per heavy atom. The monoisotopic (exact) mass is 465 g/mol. The predicted molar refractivity (Wildman–Crippen MR) is 124 cm³/mol. The van der Waals surface area contributed by atoms with Crippen LogP contribution in [0, 0.1) is 10.8 Å². The summed E-state index contributed by atoms with van der Waals surface area (Å²) in [6.07, 6.45) is 1.98. The number of rotatable bonds is 3. The lowest BCUT2D eigenvalue weighted by Gasteiger charge is -2.36. The van der Waals surface area contributed by atoms with Gasteiger partial charge < -0.3 is 15.0 Å². The number of anilines is 1. The van der Waals surface area contributed by atoms with Gasteiger partial charge in [0.05, 0.1) is 5.56 Å². The van der Waals surface area contributed by atoms with Crippen molar-refractivity contribution in [1.82, 2.24) is 10.2 Å². The molecule has 4 saturated heterocycles. The molecule has 4 nitrogen and oxygen atoms in total. The zero-order chi connectivity index (χ0) is 23.3. The maximum absolute atomic E-state index is 14.2. The van der Waals surface area contributed by atoms with Crippen LogP contribution in [0.5, 0.6) is 0 Å². The highest BCUT2D eigenvalue weighted by molar-refractivity contribution is 5.58. The van der Waals surface area contributed by atoms with Gasteiger partial charge in [0.1, 0.15) is 0 Å². The molecule has 5 rings (SSSR count). The normalized spacial score (nSPS) is 27.0. The third-order valence-electron chi connectivity index (χ3n) is 8.99. The Balaban J connectivity index is 1.46. The maximum Gasteiger partial charge on any atom is 0.416 e. The van der Waals surface area contributed by atoms with Crippen molar-refractivity contribution in [3.05, 3.63) is 29.3 Å². The fraction of sp³-hybridized carbons (Fsp3) is 0.769. The van der Waals surface area contributed by atoms with Gasteiger partial charge in [-0.15, -0.1) is 0 Å². The zero-order valence-corrected chi connectivity index (χ0v) is 20.1.